The number of benzene rings is 1. The van der Waals surface area contributed by atoms with Gasteiger partial charge in [0.05, 0.1) is 25.9 Å². The fourth-order valence-corrected chi connectivity index (χ4v) is 4.62. The molecule has 1 aromatic heterocycles. The van der Waals surface area contributed by atoms with E-state index in [0.29, 0.717) is 36.4 Å². The number of rotatable bonds is 10. The van der Waals surface area contributed by atoms with Crippen LogP contribution in [0.25, 0.3) is 5.69 Å². The maximum atomic E-state index is 13.4. The number of aryl methyl sites for hydroxylation is 1. The Kier molecular flexibility index (Phi) is 9.72. The molecule has 3 rings (SSSR count). The molecular weight excluding hydrogens is 522 g/mol. The van der Waals surface area contributed by atoms with E-state index in [2.05, 4.69) is 20.5 Å². The number of hydrogen-bond donors (Lipinski definition) is 2. The Morgan fingerprint density at radius 2 is 1.73 bits per heavy atom. The van der Waals surface area contributed by atoms with Crippen molar-refractivity contribution in [3.8, 4) is 11.4 Å². The zero-order valence-corrected chi connectivity index (χ0v) is 23.8. The first-order chi connectivity index (χ1) is 18.9. The molecule has 3 atom stereocenters. The number of carbonyl (C=O) groups excluding carboxylic acids is 4. The highest BCUT2D eigenvalue weighted by Gasteiger charge is 2.40. The second-order valence-electron chi connectivity index (χ2n) is 10.4. The predicted octanol–water partition coefficient (Wildman–Crippen LogP) is 1.84. The molecule has 2 aromatic rings. The number of likely N-dealkylation sites (tertiary alicyclic amines) is 1. The van der Waals surface area contributed by atoms with Gasteiger partial charge < -0.3 is 29.4 Å². The minimum absolute atomic E-state index is 0.256. The number of carbonyl (C=O) groups is 4. The topological polar surface area (TPSA) is 162 Å². The SMILES string of the molecule is COC(=O)N[C@H](C(=O)N1CCC[C@H]1C(=O)N[C@H](C(=O)c1nn(-c2ccc(OC)cc2C)c(=O)o1)C(C)C)C(C)C. The van der Waals surface area contributed by atoms with Crippen LogP contribution in [0.4, 0.5) is 4.79 Å². The molecule has 13 heteroatoms. The molecule has 0 bridgehead atoms. The third-order valence-corrected chi connectivity index (χ3v) is 6.87. The molecule has 40 heavy (non-hydrogen) atoms. The standard InChI is InChI=1S/C27H37N5O8/c1-14(2)20(22(33)24-30-32(27(37)40-24)18-11-10-17(38-6)13-16(18)5)28-23(34)19-9-8-12-31(19)25(35)21(15(3)4)29-26(36)39-7/h10-11,13-15,19-21H,8-9,12H2,1-7H3,(H,28,34)(H,29,36)/t19-,20-,21-/m0/s1. The number of Topliss-reactive ketones (excluding diaryl/α,β-unsaturated/α-hetero) is 1. The highest BCUT2D eigenvalue weighted by atomic mass is 16.5. The van der Waals surface area contributed by atoms with E-state index in [1.807, 2.05) is 0 Å². The molecule has 1 saturated heterocycles. The van der Waals surface area contributed by atoms with E-state index >= 15 is 0 Å². The Morgan fingerprint density at radius 3 is 2.30 bits per heavy atom. The van der Waals surface area contributed by atoms with E-state index in [4.69, 9.17) is 9.15 Å². The van der Waals surface area contributed by atoms with E-state index in [1.54, 1.807) is 52.8 Å². The summed E-state index contributed by atoms with van der Waals surface area (Å²) in [5.41, 5.74) is 1.09. The average Bonchev–Trinajstić information content (AvgIpc) is 3.56. The molecule has 0 aliphatic carbocycles. The van der Waals surface area contributed by atoms with Gasteiger partial charge in [-0.15, -0.1) is 5.10 Å². The lowest BCUT2D eigenvalue weighted by Gasteiger charge is -2.31. The van der Waals surface area contributed by atoms with Crippen LogP contribution in [0.5, 0.6) is 5.75 Å². The molecule has 0 spiro atoms. The van der Waals surface area contributed by atoms with Crippen LogP contribution in [0.1, 0.15) is 56.8 Å². The van der Waals surface area contributed by atoms with Crippen molar-refractivity contribution in [3.63, 3.8) is 0 Å². The largest absolute Gasteiger partial charge is 0.497 e. The first-order valence-corrected chi connectivity index (χ1v) is 13.1. The molecule has 0 unspecified atom stereocenters. The van der Waals surface area contributed by atoms with E-state index < -0.39 is 53.5 Å². The van der Waals surface area contributed by atoms with Crippen LogP contribution in [0.15, 0.2) is 27.4 Å². The highest BCUT2D eigenvalue weighted by Crippen LogP contribution is 2.22. The van der Waals surface area contributed by atoms with Crippen molar-refractivity contribution in [2.75, 3.05) is 20.8 Å². The van der Waals surface area contributed by atoms with Gasteiger partial charge in [0.25, 0.3) is 5.89 Å². The summed E-state index contributed by atoms with van der Waals surface area (Å²) in [6.45, 7) is 9.10. The third kappa shape index (κ3) is 6.52. The van der Waals surface area contributed by atoms with Crippen molar-refractivity contribution in [3.05, 3.63) is 40.2 Å². The normalized spacial score (nSPS) is 16.5. The molecule has 3 amide bonds. The van der Waals surface area contributed by atoms with E-state index in [9.17, 15) is 24.0 Å². The number of nitrogens with one attached hydrogen (secondary N) is 2. The zero-order chi connectivity index (χ0) is 29.7. The summed E-state index contributed by atoms with van der Waals surface area (Å²) in [4.78, 5) is 65.9. The van der Waals surface area contributed by atoms with Crippen LogP contribution in [-0.2, 0) is 14.3 Å². The molecule has 218 valence electrons. The Morgan fingerprint density at radius 1 is 1.05 bits per heavy atom. The summed E-state index contributed by atoms with van der Waals surface area (Å²) >= 11 is 0. The molecule has 2 heterocycles. The van der Waals surface area contributed by atoms with Gasteiger partial charge >= 0.3 is 11.8 Å². The molecule has 2 N–H and O–H groups in total. The second kappa shape index (κ2) is 12.8. The van der Waals surface area contributed by atoms with Crippen LogP contribution >= 0.6 is 0 Å². The zero-order valence-electron chi connectivity index (χ0n) is 23.8. The van der Waals surface area contributed by atoms with Gasteiger partial charge in [0.1, 0.15) is 17.8 Å². The Bertz CT molecular complexity index is 1310. The van der Waals surface area contributed by atoms with Gasteiger partial charge in [0.2, 0.25) is 17.6 Å². The Labute approximate surface area is 232 Å². The summed E-state index contributed by atoms with van der Waals surface area (Å²) < 4.78 is 16.0. The first-order valence-electron chi connectivity index (χ1n) is 13.1. The number of aromatic nitrogens is 2. The number of ketones is 1. The van der Waals surface area contributed by atoms with Crippen molar-refractivity contribution in [1.29, 1.82) is 0 Å². The number of hydrogen-bond acceptors (Lipinski definition) is 9. The van der Waals surface area contributed by atoms with E-state index in [-0.39, 0.29) is 11.8 Å². The molecule has 1 aliphatic rings. The molecule has 1 aromatic carbocycles. The number of nitrogens with zero attached hydrogens (tertiary/aromatic N) is 3. The summed E-state index contributed by atoms with van der Waals surface area (Å²) in [6.07, 6.45) is 0.219. The van der Waals surface area contributed by atoms with Crippen molar-refractivity contribution < 1.29 is 33.1 Å². The average molecular weight is 560 g/mol. The fraction of sp³-hybridized carbons (Fsp3) is 0.556. The molecule has 13 nitrogen and oxygen atoms in total. The fourth-order valence-electron chi connectivity index (χ4n) is 4.62. The van der Waals surface area contributed by atoms with Crippen molar-refractivity contribution in [2.24, 2.45) is 11.8 Å². The summed E-state index contributed by atoms with van der Waals surface area (Å²) in [5, 5.41) is 9.37. The van der Waals surface area contributed by atoms with Crippen LogP contribution in [0.2, 0.25) is 0 Å². The van der Waals surface area contributed by atoms with Crippen LogP contribution < -0.4 is 21.1 Å². The van der Waals surface area contributed by atoms with Gasteiger partial charge in [-0.25, -0.2) is 9.59 Å². The highest BCUT2D eigenvalue weighted by molar-refractivity contribution is 6.00. The molecular formula is C27H37N5O8. The van der Waals surface area contributed by atoms with Gasteiger partial charge in [0.15, 0.2) is 0 Å². The number of ether oxygens (including phenoxy) is 2. The van der Waals surface area contributed by atoms with Gasteiger partial charge in [-0.3, -0.25) is 14.4 Å². The van der Waals surface area contributed by atoms with Crippen LogP contribution in [0.3, 0.4) is 0 Å². The quantitative estimate of drug-likeness (QED) is 0.414. The van der Waals surface area contributed by atoms with Crippen LogP contribution in [0, 0.1) is 18.8 Å². The molecule has 0 saturated carbocycles. The monoisotopic (exact) mass is 559 g/mol. The van der Waals surface area contributed by atoms with Gasteiger partial charge in [-0.2, -0.15) is 4.68 Å². The second-order valence-corrected chi connectivity index (χ2v) is 10.4. The van der Waals surface area contributed by atoms with Gasteiger partial charge in [0, 0.05) is 6.54 Å². The van der Waals surface area contributed by atoms with Gasteiger partial charge in [-0.1, -0.05) is 27.7 Å². The van der Waals surface area contributed by atoms with Crippen LogP contribution in [-0.4, -0.2) is 77.3 Å². The smallest absolute Gasteiger partial charge is 0.442 e. The predicted molar refractivity (Wildman–Crippen MR) is 143 cm³/mol. The first kappa shape index (κ1) is 30.4. The van der Waals surface area contributed by atoms with Crippen molar-refractivity contribution in [2.45, 2.75) is 65.6 Å². The van der Waals surface area contributed by atoms with E-state index in [1.165, 1.54) is 19.1 Å². The number of amides is 3. The van der Waals surface area contributed by atoms with Crippen molar-refractivity contribution >= 4 is 23.7 Å². The van der Waals surface area contributed by atoms with Gasteiger partial charge in [-0.05, 0) is 55.4 Å². The maximum Gasteiger partial charge on any atom is 0.442 e. The molecule has 1 fully saturated rings. The lowest BCUT2D eigenvalue weighted by atomic mass is 9.98. The molecule has 0 radical (unpaired) electrons. The molecule has 1 aliphatic heterocycles. The number of alkyl carbamates (subject to hydrolysis) is 1. The lowest BCUT2D eigenvalue weighted by molar-refractivity contribution is -0.141. The summed E-state index contributed by atoms with van der Waals surface area (Å²) in [7, 11) is 2.73. The Balaban J connectivity index is 1.81. The third-order valence-electron chi connectivity index (χ3n) is 6.87. The number of methoxy groups -OCH3 is 2. The maximum absolute atomic E-state index is 13.4. The lowest BCUT2D eigenvalue weighted by Crippen LogP contribution is -2.57. The van der Waals surface area contributed by atoms with Crippen molar-refractivity contribution in [1.82, 2.24) is 25.3 Å². The Hall–Kier alpha value is -4.16. The summed E-state index contributed by atoms with van der Waals surface area (Å²) in [6, 6.07) is 2.20. The minimum Gasteiger partial charge on any atom is -0.497 e. The van der Waals surface area contributed by atoms with E-state index in [0.717, 1.165) is 4.68 Å². The summed E-state index contributed by atoms with van der Waals surface area (Å²) in [5.74, 6) is -2.95. The minimum atomic E-state index is -1.07.